The average molecular weight is 439 g/mol. The first kappa shape index (κ1) is 21.2. The number of methoxy groups -OCH3 is 1. The topological polar surface area (TPSA) is 69.5 Å². The Morgan fingerprint density at radius 1 is 1.10 bits per heavy atom. The van der Waals surface area contributed by atoms with Gasteiger partial charge in [0.1, 0.15) is 0 Å². The molecular weight excluding hydrogens is 412 g/mol. The van der Waals surface area contributed by atoms with Crippen molar-refractivity contribution in [2.45, 2.75) is 31.1 Å². The van der Waals surface area contributed by atoms with Crippen molar-refractivity contribution >= 4 is 17.7 Å². The van der Waals surface area contributed by atoms with E-state index in [-0.39, 0.29) is 12.0 Å². The van der Waals surface area contributed by atoms with Crippen LogP contribution in [0.1, 0.15) is 30.0 Å². The molecule has 0 bridgehead atoms. The van der Waals surface area contributed by atoms with Crippen molar-refractivity contribution in [2.75, 3.05) is 19.4 Å². The number of hydrogen-bond donors (Lipinski definition) is 0. The third kappa shape index (κ3) is 4.69. The fourth-order valence-electron chi connectivity index (χ4n) is 3.69. The van der Waals surface area contributed by atoms with Crippen LogP contribution in [0.4, 0.5) is 0 Å². The maximum absolute atomic E-state index is 12.8. The molecule has 1 aromatic heterocycles. The molecule has 0 N–H and O–H groups in total. The summed E-state index contributed by atoms with van der Waals surface area (Å²) in [6, 6.07) is 15.8. The van der Waals surface area contributed by atoms with Crippen LogP contribution in [0.25, 0.3) is 0 Å². The van der Waals surface area contributed by atoms with Crippen molar-refractivity contribution in [1.29, 1.82) is 0 Å². The van der Waals surface area contributed by atoms with Crippen LogP contribution < -0.4 is 9.47 Å². The van der Waals surface area contributed by atoms with E-state index in [9.17, 15) is 4.79 Å². The molecule has 2 heterocycles. The van der Waals surface area contributed by atoms with Crippen molar-refractivity contribution in [3.05, 3.63) is 65.5 Å². The molecule has 162 valence electrons. The molecule has 1 aliphatic heterocycles. The van der Waals surface area contributed by atoms with Gasteiger partial charge in [-0.2, -0.15) is 0 Å². The number of ether oxygens (including phenoxy) is 2. The van der Waals surface area contributed by atoms with Crippen LogP contribution in [0.5, 0.6) is 11.5 Å². The third-order valence-corrected chi connectivity index (χ3v) is 6.42. The first-order valence-corrected chi connectivity index (χ1v) is 11.2. The van der Waals surface area contributed by atoms with E-state index in [2.05, 4.69) is 28.4 Å². The predicted octanol–water partition coefficient (Wildman–Crippen LogP) is 3.64. The maximum atomic E-state index is 12.8. The highest BCUT2D eigenvalue weighted by atomic mass is 32.2. The number of hydrogen-bond acceptors (Lipinski definition) is 6. The molecule has 1 atom stereocenters. The second-order valence-electron chi connectivity index (χ2n) is 7.43. The molecule has 0 saturated heterocycles. The summed E-state index contributed by atoms with van der Waals surface area (Å²) in [6.07, 6.45) is 0.579. The number of carbonyl (C=O) groups excluding carboxylic acids is 1. The van der Waals surface area contributed by atoms with E-state index in [1.807, 2.05) is 53.8 Å². The van der Waals surface area contributed by atoms with Crippen LogP contribution in [0.15, 0.2) is 53.7 Å². The predicted molar refractivity (Wildman–Crippen MR) is 119 cm³/mol. The molecule has 0 fully saturated rings. The summed E-state index contributed by atoms with van der Waals surface area (Å²) in [5, 5.41) is 9.25. The van der Waals surface area contributed by atoms with E-state index in [0.717, 1.165) is 13.0 Å². The molecule has 2 aromatic carbocycles. The van der Waals surface area contributed by atoms with Crippen LogP contribution in [-0.4, -0.2) is 45.0 Å². The van der Waals surface area contributed by atoms with Gasteiger partial charge in [0.25, 0.3) is 0 Å². The number of rotatable bonds is 7. The fraction of sp³-hybridized carbons (Fsp3) is 0.348. The molecule has 1 amide bonds. The van der Waals surface area contributed by atoms with Crippen molar-refractivity contribution in [3.8, 4) is 11.5 Å². The van der Waals surface area contributed by atoms with Gasteiger partial charge in [-0.3, -0.25) is 4.79 Å². The lowest BCUT2D eigenvalue weighted by atomic mass is 10.00. The number of thioether (sulfide) groups is 1. The lowest BCUT2D eigenvalue weighted by Gasteiger charge is -2.28. The quantitative estimate of drug-likeness (QED) is 0.525. The van der Waals surface area contributed by atoms with Gasteiger partial charge in [-0.05, 0) is 36.6 Å². The van der Waals surface area contributed by atoms with Crippen LogP contribution >= 0.6 is 11.8 Å². The highest BCUT2D eigenvalue weighted by molar-refractivity contribution is 7.99. The number of amides is 1. The molecular formula is C23H26N4O3S. The van der Waals surface area contributed by atoms with Gasteiger partial charge in [0.15, 0.2) is 28.6 Å². The van der Waals surface area contributed by atoms with E-state index in [4.69, 9.17) is 9.47 Å². The average Bonchev–Trinajstić information content (AvgIpc) is 3.17. The molecule has 3 aromatic rings. The normalized spacial score (nSPS) is 14.1. The van der Waals surface area contributed by atoms with Crippen molar-refractivity contribution < 1.29 is 14.3 Å². The first-order valence-electron chi connectivity index (χ1n) is 10.2. The monoisotopic (exact) mass is 438 g/mol. The van der Waals surface area contributed by atoms with E-state index in [1.54, 1.807) is 7.11 Å². The molecule has 0 radical (unpaired) electrons. The molecule has 1 unspecified atom stereocenters. The largest absolute Gasteiger partial charge is 0.493 e. The third-order valence-electron chi connectivity index (χ3n) is 5.41. The summed E-state index contributed by atoms with van der Waals surface area (Å²) >= 11 is 1.40. The second kappa shape index (κ2) is 9.43. The van der Waals surface area contributed by atoms with E-state index in [1.165, 1.54) is 22.9 Å². The Hall–Kier alpha value is -3.00. The second-order valence-corrected chi connectivity index (χ2v) is 8.38. The van der Waals surface area contributed by atoms with E-state index >= 15 is 0 Å². The SMILES string of the molecule is COc1ccccc1OC(C)c1nnc(SCC(=O)N2CCc3ccccc3C2)n1C. The Morgan fingerprint density at radius 3 is 2.58 bits per heavy atom. The summed E-state index contributed by atoms with van der Waals surface area (Å²) in [6.45, 7) is 3.34. The zero-order chi connectivity index (χ0) is 21.8. The summed E-state index contributed by atoms with van der Waals surface area (Å²) in [7, 11) is 3.50. The number of carbonyl (C=O) groups is 1. The molecule has 1 aliphatic rings. The standard InChI is InChI=1S/C23H26N4O3S/c1-16(30-20-11-7-6-10-19(20)29-3)22-24-25-23(26(22)2)31-15-21(28)27-13-12-17-8-4-5-9-18(17)14-27/h4-11,16H,12-15H2,1-3H3. The Balaban J connectivity index is 1.37. The molecule has 4 rings (SSSR count). The zero-order valence-electron chi connectivity index (χ0n) is 17.9. The number of para-hydroxylation sites is 2. The van der Waals surface area contributed by atoms with Gasteiger partial charge in [-0.1, -0.05) is 48.2 Å². The van der Waals surface area contributed by atoms with Gasteiger partial charge in [0.05, 0.1) is 12.9 Å². The van der Waals surface area contributed by atoms with Crippen LogP contribution in [0, 0.1) is 0 Å². The molecule has 8 heteroatoms. The van der Waals surface area contributed by atoms with Crippen LogP contribution in [0.2, 0.25) is 0 Å². The maximum Gasteiger partial charge on any atom is 0.233 e. The zero-order valence-corrected chi connectivity index (χ0v) is 18.8. The minimum Gasteiger partial charge on any atom is -0.493 e. The van der Waals surface area contributed by atoms with Crippen LogP contribution in [0.3, 0.4) is 0 Å². The fourth-order valence-corrected chi connectivity index (χ4v) is 4.51. The number of nitrogens with zero attached hydrogens (tertiary/aromatic N) is 4. The number of fused-ring (bicyclic) bond motifs is 1. The van der Waals surface area contributed by atoms with Gasteiger partial charge in [-0.15, -0.1) is 10.2 Å². The molecule has 0 spiro atoms. The Kier molecular flexibility index (Phi) is 6.46. The van der Waals surface area contributed by atoms with Gasteiger partial charge < -0.3 is 18.9 Å². The first-order chi connectivity index (χ1) is 15.1. The van der Waals surface area contributed by atoms with Crippen molar-refractivity contribution in [3.63, 3.8) is 0 Å². The Morgan fingerprint density at radius 2 is 1.81 bits per heavy atom. The van der Waals surface area contributed by atoms with Gasteiger partial charge in [0.2, 0.25) is 5.91 Å². The van der Waals surface area contributed by atoms with E-state index < -0.39 is 0 Å². The Labute approximate surface area is 186 Å². The van der Waals surface area contributed by atoms with Gasteiger partial charge in [0, 0.05) is 20.1 Å². The highest BCUT2D eigenvalue weighted by Gasteiger charge is 2.23. The molecule has 7 nitrogen and oxygen atoms in total. The number of aromatic nitrogens is 3. The highest BCUT2D eigenvalue weighted by Crippen LogP contribution is 2.31. The van der Waals surface area contributed by atoms with Crippen molar-refractivity contribution in [2.24, 2.45) is 7.05 Å². The Bertz CT molecular complexity index is 1070. The van der Waals surface area contributed by atoms with Gasteiger partial charge in [-0.25, -0.2) is 0 Å². The summed E-state index contributed by atoms with van der Waals surface area (Å²) in [4.78, 5) is 14.7. The lowest BCUT2D eigenvalue weighted by Crippen LogP contribution is -2.37. The number of benzene rings is 2. The summed E-state index contributed by atoms with van der Waals surface area (Å²) in [5.74, 6) is 2.45. The smallest absolute Gasteiger partial charge is 0.233 e. The minimum atomic E-state index is -0.322. The summed E-state index contributed by atoms with van der Waals surface area (Å²) < 4.78 is 13.3. The molecule has 0 saturated carbocycles. The minimum absolute atomic E-state index is 0.113. The van der Waals surface area contributed by atoms with Crippen LogP contribution in [-0.2, 0) is 24.8 Å². The van der Waals surface area contributed by atoms with Crippen molar-refractivity contribution in [1.82, 2.24) is 19.7 Å². The summed E-state index contributed by atoms with van der Waals surface area (Å²) in [5.41, 5.74) is 2.57. The van der Waals surface area contributed by atoms with E-state index in [0.29, 0.717) is 34.8 Å². The molecule has 0 aliphatic carbocycles. The molecule has 31 heavy (non-hydrogen) atoms. The van der Waals surface area contributed by atoms with Gasteiger partial charge >= 0.3 is 0 Å². The lowest BCUT2D eigenvalue weighted by molar-refractivity contribution is -0.129.